The lowest BCUT2D eigenvalue weighted by Gasteiger charge is -2.41. The number of hydrogen-bond acceptors (Lipinski definition) is 3. The number of carbonyl (C=O) groups is 1. The number of hydrogen-bond donors (Lipinski definition) is 1. The molecule has 4 nitrogen and oxygen atoms in total. The van der Waals surface area contributed by atoms with Gasteiger partial charge in [-0.15, -0.1) is 0 Å². The first-order valence-electron chi connectivity index (χ1n) is 7.72. The van der Waals surface area contributed by atoms with E-state index in [2.05, 4.69) is 16.3 Å². The number of likely N-dealkylation sites (tertiary alicyclic amines) is 1. The maximum Gasteiger partial charge on any atom is 0.220 e. The van der Waals surface area contributed by atoms with Gasteiger partial charge in [-0.1, -0.05) is 30.3 Å². The van der Waals surface area contributed by atoms with E-state index in [4.69, 9.17) is 0 Å². The molecule has 2 saturated heterocycles. The third-order valence-electron chi connectivity index (χ3n) is 4.71. The molecule has 110 valence electrons. The second kappa shape index (κ2) is 6.28. The summed E-state index contributed by atoms with van der Waals surface area (Å²) in [6.45, 7) is 2.75. The third kappa shape index (κ3) is 3.25. The average Bonchev–Trinajstić information content (AvgIpc) is 2.53. The van der Waals surface area contributed by atoms with Crippen molar-refractivity contribution in [1.29, 1.82) is 5.26 Å². The van der Waals surface area contributed by atoms with Crippen LogP contribution in [0.5, 0.6) is 0 Å². The molecule has 3 rings (SSSR count). The highest BCUT2D eigenvalue weighted by molar-refractivity contribution is 5.77. The van der Waals surface area contributed by atoms with Crippen molar-refractivity contribution in [2.24, 2.45) is 5.92 Å². The van der Waals surface area contributed by atoms with Crippen LogP contribution in [0, 0.1) is 17.2 Å². The molecule has 2 fully saturated rings. The summed E-state index contributed by atoms with van der Waals surface area (Å²) in [4.78, 5) is 13.8. The van der Waals surface area contributed by atoms with E-state index in [0.29, 0.717) is 18.4 Å². The van der Waals surface area contributed by atoms with Gasteiger partial charge < -0.3 is 10.2 Å². The Bertz CT molecular complexity index is 537. The molecule has 1 amide bonds. The van der Waals surface area contributed by atoms with E-state index in [9.17, 15) is 10.1 Å². The number of nitrogens with zero attached hydrogens (tertiary/aromatic N) is 2. The smallest absolute Gasteiger partial charge is 0.220 e. The molecule has 0 radical (unpaired) electrons. The SMILES string of the molecule is N#CC(CN1CCC2NC(=O)CCC2C1)c1ccccc1. The molecule has 1 aromatic carbocycles. The fraction of sp³-hybridized carbons (Fsp3) is 0.529. The second-order valence-electron chi connectivity index (χ2n) is 6.11. The van der Waals surface area contributed by atoms with Crippen molar-refractivity contribution >= 4 is 5.91 Å². The van der Waals surface area contributed by atoms with Gasteiger partial charge in [0.15, 0.2) is 0 Å². The average molecular weight is 283 g/mol. The second-order valence-corrected chi connectivity index (χ2v) is 6.11. The van der Waals surface area contributed by atoms with Crippen LogP contribution in [0.4, 0.5) is 0 Å². The van der Waals surface area contributed by atoms with Crippen LogP contribution >= 0.6 is 0 Å². The van der Waals surface area contributed by atoms with Crippen molar-refractivity contribution in [3.63, 3.8) is 0 Å². The third-order valence-corrected chi connectivity index (χ3v) is 4.71. The molecule has 1 aromatic rings. The van der Waals surface area contributed by atoms with E-state index in [1.54, 1.807) is 0 Å². The van der Waals surface area contributed by atoms with Crippen molar-refractivity contribution in [3.8, 4) is 6.07 Å². The Labute approximate surface area is 125 Å². The fourth-order valence-electron chi connectivity index (χ4n) is 3.52. The molecule has 0 aromatic heterocycles. The Hall–Kier alpha value is -1.86. The van der Waals surface area contributed by atoms with Gasteiger partial charge in [0.25, 0.3) is 0 Å². The van der Waals surface area contributed by atoms with Gasteiger partial charge in [-0.05, 0) is 24.3 Å². The number of nitriles is 1. The normalized spacial score (nSPS) is 27.3. The summed E-state index contributed by atoms with van der Waals surface area (Å²) < 4.78 is 0. The molecule has 1 N–H and O–H groups in total. The van der Waals surface area contributed by atoms with Crippen molar-refractivity contribution in [2.45, 2.75) is 31.2 Å². The number of rotatable bonds is 3. The van der Waals surface area contributed by atoms with Gasteiger partial charge in [-0.25, -0.2) is 0 Å². The first-order chi connectivity index (χ1) is 10.3. The summed E-state index contributed by atoms with van der Waals surface area (Å²) in [5, 5.41) is 12.6. The predicted octanol–water partition coefficient (Wildman–Crippen LogP) is 1.89. The Kier molecular flexibility index (Phi) is 4.21. The number of benzene rings is 1. The molecule has 2 aliphatic rings. The molecule has 0 spiro atoms. The minimum absolute atomic E-state index is 0.0686. The monoisotopic (exact) mass is 283 g/mol. The van der Waals surface area contributed by atoms with Crippen LogP contribution in [-0.4, -0.2) is 36.5 Å². The Balaban J connectivity index is 1.61. The first kappa shape index (κ1) is 14.1. The van der Waals surface area contributed by atoms with Gasteiger partial charge in [-0.3, -0.25) is 4.79 Å². The van der Waals surface area contributed by atoms with Crippen LogP contribution in [0.1, 0.15) is 30.7 Å². The summed E-state index contributed by atoms with van der Waals surface area (Å²) in [5.41, 5.74) is 1.10. The van der Waals surface area contributed by atoms with E-state index < -0.39 is 0 Å². The summed E-state index contributed by atoms with van der Waals surface area (Å²) in [7, 11) is 0. The largest absolute Gasteiger partial charge is 0.353 e. The first-order valence-corrected chi connectivity index (χ1v) is 7.72. The molecular formula is C17H21N3O. The molecule has 21 heavy (non-hydrogen) atoms. The van der Waals surface area contributed by atoms with Crippen LogP contribution in [0.25, 0.3) is 0 Å². The molecule has 3 unspecified atom stereocenters. The number of fused-ring (bicyclic) bond motifs is 1. The van der Waals surface area contributed by atoms with Crippen LogP contribution < -0.4 is 5.32 Å². The number of piperidine rings is 2. The predicted molar refractivity (Wildman–Crippen MR) is 80.5 cm³/mol. The van der Waals surface area contributed by atoms with Crippen LogP contribution in [0.15, 0.2) is 30.3 Å². The van der Waals surface area contributed by atoms with Crippen molar-refractivity contribution in [2.75, 3.05) is 19.6 Å². The molecule has 0 saturated carbocycles. The zero-order valence-electron chi connectivity index (χ0n) is 12.2. The number of nitrogens with one attached hydrogen (secondary N) is 1. The van der Waals surface area contributed by atoms with Crippen LogP contribution in [0.3, 0.4) is 0 Å². The summed E-state index contributed by atoms with van der Waals surface area (Å²) in [6, 6.07) is 12.8. The minimum Gasteiger partial charge on any atom is -0.353 e. The molecule has 3 atom stereocenters. The van der Waals surface area contributed by atoms with Gasteiger partial charge in [-0.2, -0.15) is 5.26 Å². The highest BCUT2D eigenvalue weighted by Crippen LogP contribution is 2.27. The quantitative estimate of drug-likeness (QED) is 0.921. The zero-order chi connectivity index (χ0) is 14.7. The Morgan fingerprint density at radius 1 is 1.33 bits per heavy atom. The lowest BCUT2D eigenvalue weighted by atomic mass is 9.84. The van der Waals surface area contributed by atoms with Crippen molar-refractivity contribution < 1.29 is 4.79 Å². The van der Waals surface area contributed by atoms with Crippen molar-refractivity contribution in [3.05, 3.63) is 35.9 Å². The molecule has 4 heteroatoms. The molecule has 2 heterocycles. The lowest BCUT2D eigenvalue weighted by molar-refractivity contribution is -0.125. The van der Waals surface area contributed by atoms with Crippen LogP contribution in [0.2, 0.25) is 0 Å². The number of amides is 1. The van der Waals surface area contributed by atoms with E-state index in [1.807, 2.05) is 30.3 Å². The van der Waals surface area contributed by atoms with E-state index >= 15 is 0 Å². The van der Waals surface area contributed by atoms with E-state index in [0.717, 1.165) is 38.0 Å². The van der Waals surface area contributed by atoms with Gasteiger partial charge in [0, 0.05) is 32.1 Å². The molecular weight excluding hydrogens is 262 g/mol. The molecule has 2 aliphatic heterocycles. The number of carbonyl (C=O) groups excluding carboxylic acids is 1. The van der Waals surface area contributed by atoms with Gasteiger partial charge >= 0.3 is 0 Å². The highest BCUT2D eigenvalue weighted by atomic mass is 16.1. The van der Waals surface area contributed by atoms with E-state index in [1.165, 1.54) is 0 Å². The summed E-state index contributed by atoms with van der Waals surface area (Å²) in [6.07, 6.45) is 2.63. The van der Waals surface area contributed by atoms with Gasteiger partial charge in [0.05, 0.1) is 12.0 Å². The van der Waals surface area contributed by atoms with Crippen LogP contribution in [-0.2, 0) is 4.79 Å². The maximum atomic E-state index is 11.4. The maximum absolute atomic E-state index is 11.4. The Morgan fingerprint density at radius 3 is 2.90 bits per heavy atom. The van der Waals surface area contributed by atoms with E-state index in [-0.39, 0.29) is 11.8 Å². The molecule has 0 aliphatic carbocycles. The van der Waals surface area contributed by atoms with Crippen molar-refractivity contribution in [1.82, 2.24) is 10.2 Å². The topological polar surface area (TPSA) is 56.1 Å². The summed E-state index contributed by atoms with van der Waals surface area (Å²) in [5.74, 6) is 0.677. The standard InChI is InChI=1S/C17H21N3O/c18-10-15(13-4-2-1-3-5-13)12-20-9-8-16-14(11-20)6-7-17(21)19-16/h1-5,14-16H,6-9,11-12H2,(H,19,21). The Morgan fingerprint density at radius 2 is 2.14 bits per heavy atom. The zero-order valence-corrected chi connectivity index (χ0v) is 12.2. The fourth-order valence-corrected chi connectivity index (χ4v) is 3.52. The van der Waals surface area contributed by atoms with Gasteiger partial charge in [0.1, 0.15) is 0 Å². The highest BCUT2D eigenvalue weighted by Gasteiger charge is 2.34. The minimum atomic E-state index is -0.0686. The lowest BCUT2D eigenvalue weighted by Crippen LogP contribution is -2.54. The molecule has 0 bridgehead atoms. The summed E-state index contributed by atoms with van der Waals surface area (Å²) >= 11 is 0. The van der Waals surface area contributed by atoms with Gasteiger partial charge in [0.2, 0.25) is 5.91 Å².